The van der Waals surface area contributed by atoms with E-state index in [0.29, 0.717) is 24.3 Å². The van der Waals surface area contributed by atoms with Gasteiger partial charge in [0.25, 0.3) is 0 Å². The number of carbonyl (C=O) groups is 2. The van der Waals surface area contributed by atoms with Gasteiger partial charge in [-0.25, -0.2) is 0 Å². The second-order valence-electron chi connectivity index (χ2n) is 5.17. The summed E-state index contributed by atoms with van der Waals surface area (Å²) >= 11 is 11.8. The first-order valence-electron chi connectivity index (χ1n) is 6.61. The molecule has 0 bridgehead atoms. The summed E-state index contributed by atoms with van der Waals surface area (Å²) in [6, 6.07) is 6.66. The minimum Gasteiger partial charge on any atom is -0.494 e. The van der Waals surface area contributed by atoms with Crippen molar-refractivity contribution in [3.63, 3.8) is 0 Å². The second kappa shape index (κ2) is 5.85. The van der Waals surface area contributed by atoms with Crippen LogP contribution in [0.15, 0.2) is 24.3 Å². The van der Waals surface area contributed by atoms with Crippen molar-refractivity contribution in [1.82, 2.24) is 0 Å². The third kappa shape index (κ3) is 3.33. The molecule has 21 heavy (non-hydrogen) atoms. The van der Waals surface area contributed by atoms with Crippen molar-refractivity contribution in [3.05, 3.63) is 29.8 Å². The molecule has 0 saturated heterocycles. The summed E-state index contributed by atoms with van der Waals surface area (Å²) in [7, 11) is 0. The van der Waals surface area contributed by atoms with Crippen LogP contribution in [0.3, 0.4) is 0 Å². The molecule has 1 unspecified atom stereocenters. The van der Waals surface area contributed by atoms with Crippen LogP contribution in [-0.2, 0) is 9.53 Å². The Kier molecular flexibility index (Phi) is 4.49. The van der Waals surface area contributed by atoms with Crippen LogP contribution in [0.4, 0.5) is 0 Å². The number of rotatable bonds is 6. The number of halogens is 2. The molecule has 0 amide bonds. The highest BCUT2D eigenvalue weighted by atomic mass is 35.5. The van der Waals surface area contributed by atoms with Crippen molar-refractivity contribution in [2.24, 2.45) is 5.41 Å². The van der Waals surface area contributed by atoms with Crippen molar-refractivity contribution in [2.45, 2.75) is 24.6 Å². The molecular formula is C15H16Cl2O4. The Morgan fingerprint density at radius 1 is 1.24 bits per heavy atom. The highest BCUT2D eigenvalue weighted by Gasteiger charge is 2.69. The van der Waals surface area contributed by atoms with E-state index in [-0.39, 0.29) is 12.4 Å². The molecule has 1 aromatic carbocycles. The molecular weight excluding hydrogens is 315 g/mol. The van der Waals surface area contributed by atoms with E-state index in [9.17, 15) is 9.59 Å². The Balaban J connectivity index is 1.89. The van der Waals surface area contributed by atoms with Crippen LogP contribution in [0.1, 0.15) is 30.6 Å². The zero-order valence-electron chi connectivity index (χ0n) is 11.8. The number of esters is 1. The summed E-state index contributed by atoms with van der Waals surface area (Å²) in [6.07, 6.45) is 0.333. The third-order valence-electron chi connectivity index (χ3n) is 3.53. The molecule has 6 heteroatoms. The summed E-state index contributed by atoms with van der Waals surface area (Å²) in [6.45, 7) is 3.73. The molecule has 2 rings (SSSR count). The number of Topliss-reactive ketones (excluding diaryl/α,β-unsaturated/α-hetero) is 1. The number of hydrogen-bond acceptors (Lipinski definition) is 4. The van der Waals surface area contributed by atoms with Gasteiger partial charge >= 0.3 is 5.97 Å². The Labute approximate surface area is 133 Å². The van der Waals surface area contributed by atoms with E-state index in [0.717, 1.165) is 0 Å². The highest BCUT2D eigenvalue weighted by Crippen LogP contribution is 2.64. The van der Waals surface area contributed by atoms with Crippen LogP contribution in [0, 0.1) is 5.41 Å². The van der Waals surface area contributed by atoms with Crippen LogP contribution in [0.25, 0.3) is 0 Å². The molecule has 0 heterocycles. The van der Waals surface area contributed by atoms with Crippen LogP contribution >= 0.6 is 23.2 Å². The third-order valence-corrected chi connectivity index (χ3v) is 4.63. The van der Waals surface area contributed by atoms with Gasteiger partial charge in [0.1, 0.15) is 15.5 Å². The van der Waals surface area contributed by atoms with E-state index >= 15 is 0 Å². The maximum absolute atomic E-state index is 11.9. The minimum absolute atomic E-state index is 0.287. The van der Waals surface area contributed by atoms with E-state index < -0.39 is 15.7 Å². The Morgan fingerprint density at radius 2 is 1.81 bits per heavy atom. The van der Waals surface area contributed by atoms with Gasteiger partial charge in [-0.2, -0.15) is 0 Å². The van der Waals surface area contributed by atoms with Gasteiger partial charge in [0.2, 0.25) is 0 Å². The first kappa shape index (κ1) is 16.1. The lowest BCUT2D eigenvalue weighted by Crippen LogP contribution is -2.24. The van der Waals surface area contributed by atoms with E-state index in [1.165, 1.54) is 0 Å². The first-order chi connectivity index (χ1) is 9.80. The summed E-state index contributed by atoms with van der Waals surface area (Å²) < 4.78 is 9.21. The van der Waals surface area contributed by atoms with Crippen molar-refractivity contribution in [1.29, 1.82) is 0 Å². The minimum atomic E-state index is -1.09. The number of ketones is 1. The normalized spacial score (nSPS) is 22.5. The molecule has 1 aliphatic rings. The monoisotopic (exact) mass is 330 g/mol. The number of benzene rings is 1. The SMILES string of the molecule is CCOc1ccc(C(=O)COC(=O)C2(C)CC2(Cl)Cl)cc1. The first-order valence-corrected chi connectivity index (χ1v) is 7.37. The van der Waals surface area contributed by atoms with Gasteiger partial charge in [-0.05, 0) is 38.1 Å². The molecule has 4 nitrogen and oxygen atoms in total. The maximum atomic E-state index is 11.9. The topological polar surface area (TPSA) is 52.6 Å². The van der Waals surface area contributed by atoms with E-state index in [1.807, 2.05) is 6.92 Å². The number of carbonyl (C=O) groups excluding carboxylic acids is 2. The predicted octanol–water partition coefficient (Wildman–Crippen LogP) is 3.40. The number of hydrogen-bond donors (Lipinski definition) is 0. The molecule has 1 fully saturated rings. The molecule has 1 aliphatic carbocycles. The van der Waals surface area contributed by atoms with Crippen molar-refractivity contribution in [2.75, 3.05) is 13.2 Å². The fourth-order valence-electron chi connectivity index (χ4n) is 1.90. The van der Waals surface area contributed by atoms with Crippen LogP contribution < -0.4 is 4.74 Å². The molecule has 0 N–H and O–H groups in total. The molecule has 0 spiro atoms. The summed E-state index contributed by atoms with van der Waals surface area (Å²) in [5, 5.41) is 0. The Hall–Kier alpha value is -1.26. The summed E-state index contributed by atoms with van der Waals surface area (Å²) in [4.78, 5) is 23.8. The number of alkyl halides is 2. The average molecular weight is 331 g/mol. The van der Waals surface area contributed by atoms with Crippen molar-refractivity contribution in [3.8, 4) is 5.75 Å². The van der Waals surface area contributed by atoms with Crippen LogP contribution in [0.5, 0.6) is 5.75 Å². The van der Waals surface area contributed by atoms with Crippen LogP contribution in [-0.4, -0.2) is 29.3 Å². The van der Waals surface area contributed by atoms with Gasteiger partial charge in [0.15, 0.2) is 12.4 Å². The average Bonchev–Trinajstić information content (AvgIpc) is 2.97. The highest BCUT2D eigenvalue weighted by molar-refractivity contribution is 6.53. The summed E-state index contributed by atoms with van der Waals surface area (Å²) in [5.41, 5.74) is -0.468. The second-order valence-corrected chi connectivity index (χ2v) is 6.65. The lowest BCUT2D eigenvalue weighted by Gasteiger charge is -2.11. The maximum Gasteiger partial charge on any atom is 0.315 e. The van der Waals surface area contributed by atoms with Gasteiger partial charge in [-0.3, -0.25) is 9.59 Å². The lowest BCUT2D eigenvalue weighted by atomic mass is 10.1. The van der Waals surface area contributed by atoms with Gasteiger partial charge in [0.05, 0.1) is 6.61 Å². The molecule has 1 atom stereocenters. The smallest absolute Gasteiger partial charge is 0.315 e. The van der Waals surface area contributed by atoms with E-state index in [1.54, 1.807) is 31.2 Å². The zero-order valence-corrected chi connectivity index (χ0v) is 13.3. The quantitative estimate of drug-likeness (QED) is 0.455. The van der Waals surface area contributed by atoms with Crippen molar-refractivity contribution >= 4 is 35.0 Å². The fraction of sp³-hybridized carbons (Fsp3) is 0.467. The van der Waals surface area contributed by atoms with E-state index in [4.69, 9.17) is 32.7 Å². The molecule has 0 aliphatic heterocycles. The summed E-state index contributed by atoms with van der Waals surface area (Å²) in [5.74, 6) is -0.150. The predicted molar refractivity (Wildman–Crippen MR) is 80.1 cm³/mol. The molecule has 1 aromatic rings. The van der Waals surface area contributed by atoms with Gasteiger partial charge in [-0.15, -0.1) is 23.2 Å². The lowest BCUT2D eigenvalue weighted by molar-refractivity contribution is -0.148. The van der Waals surface area contributed by atoms with Crippen molar-refractivity contribution < 1.29 is 19.1 Å². The van der Waals surface area contributed by atoms with E-state index in [2.05, 4.69) is 0 Å². The molecule has 0 radical (unpaired) electrons. The largest absolute Gasteiger partial charge is 0.494 e. The number of ether oxygens (including phenoxy) is 2. The Morgan fingerprint density at radius 3 is 2.29 bits per heavy atom. The molecule has 1 saturated carbocycles. The fourth-order valence-corrected chi connectivity index (χ4v) is 2.59. The van der Waals surface area contributed by atoms with Crippen LogP contribution in [0.2, 0.25) is 0 Å². The van der Waals surface area contributed by atoms with Gasteiger partial charge < -0.3 is 9.47 Å². The standard InChI is InChI=1S/C15H16Cl2O4/c1-3-20-11-6-4-10(5-7-11)12(18)8-21-13(19)14(2)9-15(14,16)17/h4-7H,3,8-9H2,1-2H3. The molecule has 114 valence electrons. The zero-order chi connectivity index (χ0) is 15.7. The van der Waals surface area contributed by atoms with Gasteiger partial charge in [-0.1, -0.05) is 0 Å². The van der Waals surface area contributed by atoms with Gasteiger partial charge in [0, 0.05) is 12.0 Å². The molecule has 0 aromatic heterocycles. The Bertz CT molecular complexity index is 553.